The van der Waals surface area contributed by atoms with Crippen LogP contribution in [0.5, 0.6) is 5.75 Å². The van der Waals surface area contributed by atoms with Gasteiger partial charge in [0.15, 0.2) is 0 Å². The zero-order valence-electron chi connectivity index (χ0n) is 9.30. The van der Waals surface area contributed by atoms with Gasteiger partial charge in [0, 0.05) is 6.54 Å². The molecule has 0 heterocycles. The lowest BCUT2D eigenvalue weighted by molar-refractivity contribution is 0.200. The third-order valence-electron chi connectivity index (χ3n) is 2.23. The van der Waals surface area contributed by atoms with E-state index in [0.29, 0.717) is 12.3 Å². The van der Waals surface area contributed by atoms with Crippen LogP contribution in [-0.4, -0.2) is 6.09 Å². The largest absolute Gasteiger partial charge is 0.412 e. The fourth-order valence-corrected chi connectivity index (χ4v) is 1.40. The Bertz CT molecular complexity index is 468. The number of rotatable bonds is 3. The Balaban J connectivity index is 1.83. The van der Waals surface area contributed by atoms with Crippen LogP contribution in [0, 0.1) is 0 Å². The molecule has 0 spiro atoms. The van der Waals surface area contributed by atoms with Gasteiger partial charge in [0.1, 0.15) is 5.75 Å². The van der Waals surface area contributed by atoms with Crippen LogP contribution < -0.4 is 10.1 Å². The molecule has 0 fully saturated rings. The lowest BCUT2D eigenvalue weighted by atomic mass is 10.2. The van der Waals surface area contributed by atoms with Gasteiger partial charge < -0.3 is 10.1 Å². The maximum absolute atomic E-state index is 11.5. The fraction of sp³-hybridized carbons (Fsp3) is 0.0714. The van der Waals surface area contributed by atoms with E-state index < -0.39 is 6.09 Å². The van der Waals surface area contributed by atoms with Gasteiger partial charge in [-0.05, 0) is 17.7 Å². The molecule has 0 aliphatic rings. The van der Waals surface area contributed by atoms with E-state index in [1.165, 1.54) is 0 Å². The van der Waals surface area contributed by atoms with Crippen molar-refractivity contribution in [2.75, 3.05) is 0 Å². The van der Waals surface area contributed by atoms with Crippen LogP contribution in [0.15, 0.2) is 60.7 Å². The van der Waals surface area contributed by atoms with Crippen LogP contribution in [0.25, 0.3) is 0 Å². The number of amides is 1. The van der Waals surface area contributed by atoms with E-state index in [4.69, 9.17) is 4.74 Å². The van der Waals surface area contributed by atoms with Crippen molar-refractivity contribution < 1.29 is 9.53 Å². The zero-order valence-corrected chi connectivity index (χ0v) is 9.30. The Kier molecular flexibility index (Phi) is 3.76. The topological polar surface area (TPSA) is 38.3 Å². The van der Waals surface area contributed by atoms with Crippen LogP contribution >= 0.6 is 0 Å². The number of carbonyl (C=O) groups is 1. The third-order valence-corrected chi connectivity index (χ3v) is 2.23. The van der Waals surface area contributed by atoms with Gasteiger partial charge in [0.05, 0.1) is 0 Å². The molecule has 3 nitrogen and oxygen atoms in total. The van der Waals surface area contributed by atoms with Gasteiger partial charge in [-0.1, -0.05) is 48.5 Å². The molecular formula is C14H13NO2. The van der Waals surface area contributed by atoms with E-state index in [1.807, 2.05) is 48.5 Å². The SMILES string of the molecule is O=C(NCc1ccccc1)Oc1ccccc1. The number of hydrogen-bond donors (Lipinski definition) is 1. The highest BCUT2D eigenvalue weighted by atomic mass is 16.5. The molecule has 3 heteroatoms. The van der Waals surface area contributed by atoms with Crippen LogP contribution in [0.2, 0.25) is 0 Å². The van der Waals surface area contributed by atoms with E-state index >= 15 is 0 Å². The molecule has 2 rings (SSSR count). The summed E-state index contributed by atoms with van der Waals surface area (Å²) >= 11 is 0. The number of nitrogens with one attached hydrogen (secondary N) is 1. The Morgan fingerprint density at radius 3 is 2.18 bits per heavy atom. The van der Waals surface area contributed by atoms with E-state index in [-0.39, 0.29) is 0 Å². The highest BCUT2D eigenvalue weighted by Crippen LogP contribution is 2.08. The molecule has 2 aromatic carbocycles. The Morgan fingerprint density at radius 1 is 0.941 bits per heavy atom. The smallest absolute Gasteiger partial charge is 0.410 e. The van der Waals surface area contributed by atoms with Gasteiger partial charge in [-0.25, -0.2) is 4.79 Å². The molecule has 0 atom stereocenters. The van der Waals surface area contributed by atoms with Crippen molar-refractivity contribution in [1.82, 2.24) is 5.32 Å². The zero-order chi connectivity index (χ0) is 11.9. The number of carbonyl (C=O) groups excluding carboxylic acids is 1. The molecule has 0 unspecified atom stereocenters. The number of benzene rings is 2. The van der Waals surface area contributed by atoms with Gasteiger partial charge in [0.25, 0.3) is 0 Å². The van der Waals surface area contributed by atoms with Crippen molar-refractivity contribution in [3.63, 3.8) is 0 Å². The minimum atomic E-state index is -0.444. The molecule has 1 amide bonds. The average Bonchev–Trinajstić information content (AvgIpc) is 2.39. The Morgan fingerprint density at radius 2 is 1.53 bits per heavy atom. The van der Waals surface area contributed by atoms with E-state index in [1.54, 1.807) is 12.1 Å². The van der Waals surface area contributed by atoms with Crippen LogP contribution in [0.1, 0.15) is 5.56 Å². The van der Waals surface area contributed by atoms with Crippen molar-refractivity contribution in [1.29, 1.82) is 0 Å². The highest BCUT2D eigenvalue weighted by Gasteiger charge is 2.02. The van der Waals surface area contributed by atoms with E-state index in [0.717, 1.165) is 5.56 Å². The molecule has 86 valence electrons. The average molecular weight is 227 g/mol. The van der Waals surface area contributed by atoms with Crippen LogP contribution in [0.3, 0.4) is 0 Å². The van der Waals surface area contributed by atoms with Gasteiger partial charge in [-0.2, -0.15) is 0 Å². The summed E-state index contributed by atoms with van der Waals surface area (Å²) in [5, 5.41) is 2.69. The summed E-state index contributed by atoms with van der Waals surface area (Å²) in [6.45, 7) is 0.465. The van der Waals surface area contributed by atoms with Gasteiger partial charge >= 0.3 is 6.09 Å². The molecule has 0 bridgehead atoms. The second-order valence-corrected chi connectivity index (χ2v) is 3.54. The number of hydrogen-bond acceptors (Lipinski definition) is 2. The number of ether oxygens (including phenoxy) is 1. The summed E-state index contributed by atoms with van der Waals surface area (Å²) in [6.07, 6.45) is -0.444. The summed E-state index contributed by atoms with van der Waals surface area (Å²) < 4.78 is 5.09. The Hall–Kier alpha value is -2.29. The molecule has 0 saturated carbocycles. The third kappa shape index (κ3) is 3.65. The molecular weight excluding hydrogens is 214 g/mol. The summed E-state index contributed by atoms with van der Waals surface area (Å²) in [6, 6.07) is 18.7. The summed E-state index contributed by atoms with van der Waals surface area (Å²) in [7, 11) is 0. The van der Waals surface area contributed by atoms with Crippen molar-refractivity contribution in [2.45, 2.75) is 6.54 Å². The van der Waals surface area contributed by atoms with Gasteiger partial charge in [0.2, 0.25) is 0 Å². The second-order valence-electron chi connectivity index (χ2n) is 3.54. The standard InChI is InChI=1S/C14H13NO2/c16-14(17-13-9-5-2-6-10-13)15-11-12-7-3-1-4-8-12/h1-10H,11H2,(H,15,16). The minimum Gasteiger partial charge on any atom is -0.410 e. The summed E-state index contributed by atoms with van der Waals surface area (Å²) in [4.78, 5) is 11.5. The predicted molar refractivity (Wildman–Crippen MR) is 65.7 cm³/mol. The number of para-hydroxylation sites is 1. The first-order valence-electron chi connectivity index (χ1n) is 5.39. The molecule has 0 radical (unpaired) electrons. The maximum atomic E-state index is 11.5. The first kappa shape index (κ1) is 11.2. The molecule has 17 heavy (non-hydrogen) atoms. The highest BCUT2D eigenvalue weighted by molar-refractivity contribution is 5.70. The minimum absolute atomic E-state index is 0.444. The summed E-state index contributed by atoms with van der Waals surface area (Å²) in [5.41, 5.74) is 1.04. The summed E-state index contributed by atoms with van der Waals surface area (Å²) in [5.74, 6) is 0.540. The van der Waals surface area contributed by atoms with Crippen molar-refractivity contribution in [3.05, 3.63) is 66.2 Å². The first-order chi connectivity index (χ1) is 8.34. The van der Waals surface area contributed by atoms with Gasteiger partial charge in [-0.3, -0.25) is 0 Å². The monoisotopic (exact) mass is 227 g/mol. The van der Waals surface area contributed by atoms with Crippen molar-refractivity contribution in [3.8, 4) is 5.75 Å². The second kappa shape index (κ2) is 5.70. The van der Waals surface area contributed by atoms with Crippen molar-refractivity contribution >= 4 is 6.09 Å². The predicted octanol–water partition coefficient (Wildman–Crippen LogP) is 2.98. The van der Waals surface area contributed by atoms with Crippen molar-refractivity contribution in [2.24, 2.45) is 0 Å². The molecule has 0 aliphatic heterocycles. The van der Waals surface area contributed by atoms with Crippen LogP contribution in [-0.2, 0) is 6.54 Å². The molecule has 0 aromatic heterocycles. The van der Waals surface area contributed by atoms with E-state index in [9.17, 15) is 4.79 Å². The van der Waals surface area contributed by atoms with Gasteiger partial charge in [-0.15, -0.1) is 0 Å². The lowest BCUT2D eigenvalue weighted by Crippen LogP contribution is -2.26. The molecule has 0 saturated heterocycles. The quantitative estimate of drug-likeness (QED) is 0.875. The first-order valence-corrected chi connectivity index (χ1v) is 5.39. The van der Waals surface area contributed by atoms with E-state index in [2.05, 4.69) is 5.32 Å². The lowest BCUT2D eigenvalue weighted by Gasteiger charge is -2.06. The Labute approximate surface area is 100 Å². The van der Waals surface area contributed by atoms with Crippen LogP contribution in [0.4, 0.5) is 4.79 Å². The molecule has 1 N–H and O–H groups in total. The fourth-order valence-electron chi connectivity index (χ4n) is 1.40. The maximum Gasteiger partial charge on any atom is 0.412 e. The molecule has 0 aliphatic carbocycles. The normalized spacial score (nSPS) is 9.65. The molecule has 2 aromatic rings.